The van der Waals surface area contributed by atoms with Gasteiger partial charge < -0.3 is 10.2 Å². The summed E-state index contributed by atoms with van der Waals surface area (Å²) in [7, 11) is 0. The minimum atomic E-state index is -0.551. The number of fused-ring (bicyclic) bond motifs is 1. The lowest BCUT2D eigenvalue weighted by molar-refractivity contribution is -0.139. The smallest absolute Gasteiger partial charge is 0.252 e. The molecular formula is C21H21N3O3. The number of hydrogen-bond acceptors (Lipinski definition) is 4. The lowest BCUT2D eigenvalue weighted by atomic mass is 10.1. The van der Waals surface area contributed by atoms with Crippen molar-refractivity contribution in [3.05, 3.63) is 59.7 Å². The van der Waals surface area contributed by atoms with E-state index in [1.165, 1.54) is 4.90 Å². The standard InChI is InChI=1S/C21H21N3O3/c1-14(25)23-10-9-16-11-17(7-8-19(16)23)22-18-12-20(26)24(21(18)27)13-15-5-3-2-4-6-15/h2-8,11,18,22H,9-10,12-13H2,1H3. The van der Waals surface area contributed by atoms with Crippen LogP contribution >= 0.6 is 0 Å². The maximum absolute atomic E-state index is 12.7. The lowest BCUT2D eigenvalue weighted by Crippen LogP contribution is -2.34. The molecule has 2 aliphatic heterocycles. The maximum Gasteiger partial charge on any atom is 0.252 e. The summed E-state index contributed by atoms with van der Waals surface area (Å²) >= 11 is 0. The van der Waals surface area contributed by atoms with Gasteiger partial charge in [-0.15, -0.1) is 0 Å². The summed E-state index contributed by atoms with van der Waals surface area (Å²) in [5, 5.41) is 3.20. The van der Waals surface area contributed by atoms with Crippen LogP contribution in [-0.2, 0) is 27.3 Å². The van der Waals surface area contributed by atoms with Gasteiger partial charge in [0.05, 0.1) is 13.0 Å². The molecule has 0 spiro atoms. The van der Waals surface area contributed by atoms with Crippen molar-refractivity contribution in [2.45, 2.75) is 32.4 Å². The van der Waals surface area contributed by atoms with Crippen molar-refractivity contribution < 1.29 is 14.4 Å². The van der Waals surface area contributed by atoms with Gasteiger partial charge in [-0.05, 0) is 35.7 Å². The molecule has 0 bridgehead atoms. The fourth-order valence-corrected chi connectivity index (χ4v) is 3.75. The average molecular weight is 363 g/mol. The van der Waals surface area contributed by atoms with Gasteiger partial charge in [0, 0.05) is 24.8 Å². The first-order chi connectivity index (χ1) is 13.0. The highest BCUT2D eigenvalue weighted by atomic mass is 16.2. The van der Waals surface area contributed by atoms with E-state index >= 15 is 0 Å². The first kappa shape index (κ1) is 17.3. The first-order valence-corrected chi connectivity index (χ1v) is 9.08. The Hall–Kier alpha value is -3.15. The molecule has 27 heavy (non-hydrogen) atoms. The number of rotatable bonds is 4. The van der Waals surface area contributed by atoms with E-state index in [1.807, 2.05) is 48.5 Å². The van der Waals surface area contributed by atoms with E-state index in [0.29, 0.717) is 13.1 Å². The molecule has 6 heteroatoms. The van der Waals surface area contributed by atoms with Gasteiger partial charge in [-0.2, -0.15) is 0 Å². The zero-order valence-corrected chi connectivity index (χ0v) is 15.1. The van der Waals surface area contributed by atoms with Gasteiger partial charge >= 0.3 is 0 Å². The normalized spacial score (nSPS) is 18.8. The van der Waals surface area contributed by atoms with E-state index in [-0.39, 0.29) is 24.1 Å². The van der Waals surface area contributed by atoms with E-state index in [2.05, 4.69) is 5.32 Å². The zero-order chi connectivity index (χ0) is 19.0. The molecule has 138 valence electrons. The Morgan fingerprint density at radius 3 is 2.67 bits per heavy atom. The van der Waals surface area contributed by atoms with Crippen LogP contribution in [0.2, 0.25) is 0 Å². The third-order valence-electron chi connectivity index (χ3n) is 5.12. The molecule has 3 amide bonds. The van der Waals surface area contributed by atoms with Crippen molar-refractivity contribution in [2.24, 2.45) is 0 Å². The molecule has 0 aromatic heterocycles. The van der Waals surface area contributed by atoms with E-state index in [4.69, 9.17) is 0 Å². The van der Waals surface area contributed by atoms with Crippen LogP contribution in [0.4, 0.5) is 11.4 Å². The summed E-state index contributed by atoms with van der Waals surface area (Å²) in [6, 6.07) is 14.7. The number of benzene rings is 2. The maximum atomic E-state index is 12.7. The predicted molar refractivity (Wildman–Crippen MR) is 102 cm³/mol. The van der Waals surface area contributed by atoms with Gasteiger partial charge in [0.25, 0.3) is 5.91 Å². The molecular weight excluding hydrogens is 342 g/mol. The molecule has 2 aromatic rings. The molecule has 0 aliphatic carbocycles. The van der Waals surface area contributed by atoms with Crippen LogP contribution in [0.15, 0.2) is 48.5 Å². The third-order valence-corrected chi connectivity index (χ3v) is 5.12. The Kier molecular flexibility index (Phi) is 4.39. The monoisotopic (exact) mass is 363 g/mol. The molecule has 0 saturated carbocycles. The van der Waals surface area contributed by atoms with Crippen LogP contribution in [0.3, 0.4) is 0 Å². The fourth-order valence-electron chi connectivity index (χ4n) is 3.75. The summed E-state index contributed by atoms with van der Waals surface area (Å²) in [5.41, 5.74) is 3.73. The molecule has 1 unspecified atom stereocenters. The Labute approximate surface area is 157 Å². The Morgan fingerprint density at radius 2 is 1.93 bits per heavy atom. The van der Waals surface area contributed by atoms with Crippen molar-refractivity contribution in [2.75, 3.05) is 16.8 Å². The molecule has 1 atom stereocenters. The Bertz CT molecular complexity index is 910. The van der Waals surface area contributed by atoms with E-state index < -0.39 is 6.04 Å². The number of nitrogens with zero attached hydrogens (tertiary/aromatic N) is 2. The van der Waals surface area contributed by atoms with Crippen molar-refractivity contribution in [3.63, 3.8) is 0 Å². The van der Waals surface area contributed by atoms with E-state index in [0.717, 1.165) is 28.9 Å². The minimum absolute atomic E-state index is 0.0302. The zero-order valence-electron chi connectivity index (χ0n) is 15.1. The number of imide groups is 1. The highest BCUT2D eigenvalue weighted by Gasteiger charge is 2.38. The molecule has 2 heterocycles. The minimum Gasteiger partial charge on any atom is -0.373 e. The average Bonchev–Trinajstić information content (AvgIpc) is 3.19. The first-order valence-electron chi connectivity index (χ1n) is 9.08. The number of carbonyl (C=O) groups excluding carboxylic acids is 3. The highest BCUT2D eigenvalue weighted by molar-refractivity contribution is 6.06. The molecule has 6 nitrogen and oxygen atoms in total. The fraction of sp³-hybridized carbons (Fsp3) is 0.286. The van der Waals surface area contributed by atoms with Crippen LogP contribution < -0.4 is 10.2 Å². The highest BCUT2D eigenvalue weighted by Crippen LogP contribution is 2.31. The molecule has 4 rings (SSSR count). The number of carbonyl (C=O) groups is 3. The number of nitrogens with one attached hydrogen (secondary N) is 1. The van der Waals surface area contributed by atoms with Gasteiger partial charge in [-0.3, -0.25) is 19.3 Å². The van der Waals surface area contributed by atoms with Crippen LogP contribution in [-0.4, -0.2) is 35.2 Å². The van der Waals surface area contributed by atoms with Crippen molar-refractivity contribution >= 4 is 29.1 Å². The van der Waals surface area contributed by atoms with Gasteiger partial charge in [0.15, 0.2) is 0 Å². The number of amides is 3. The molecule has 1 N–H and O–H groups in total. The van der Waals surface area contributed by atoms with Gasteiger partial charge in [0.2, 0.25) is 11.8 Å². The molecule has 2 aromatic carbocycles. The number of anilines is 2. The lowest BCUT2D eigenvalue weighted by Gasteiger charge is -2.17. The van der Waals surface area contributed by atoms with Crippen molar-refractivity contribution in [1.29, 1.82) is 0 Å². The van der Waals surface area contributed by atoms with E-state index in [9.17, 15) is 14.4 Å². The summed E-state index contributed by atoms with van der Waals surface area (Å²) in [6.07, 6.45) is 0.949. The van der Waals surface area contributed by atoms with Crippen LogP contribution in [0, 0.1) is 0 Å². The second-order valence-corrected chi connectivity index (χ2v) is 6.97. The van der Waals surface area contributed by atoms with Crippen molar-refractivity contribution in [1.82, 2.24) is 4.90 Å². The summed E-state index contributed by atoms with van der Waals surface area (Å²) in [4.78, 5) is 39.7. The number of hydrogen-bond donors (Lipinski definition) is 1. The largest absolute Gasteiger partial charge is 0.373 e. The quantitative estimate of drug-likeness (QED) is 0.847. The Morgan fingerprint density at radius 1 is 1.15 bits per heavy atom. The predicted octanol–water partition coefficient (Wildman–Crippen LogP) is 2.34. The molecule has 1 saturated heterocycles. The molecule has 2 aliphatic rings. The van der Waals surface area contributed by atoms with E-state index in [1.54, 1.807) is 11.8 Å². The Balaban J connectivity index is 1.47. The van der Waals surface area contributed by atoms with Crippen LogP contribution in [0.5, 0.6) is 0 Å². The third kappa shape index (κ3) is 3.30. The second-order valence-electron chi connectivity index (χ2n) is 6.97. The van der Waals surface area contributed by atoms with Gasteiger partial charge in [0.1, 0.15) is 6.04 Å². The van der Waals surface area contributed by atoms with Crippen molar-refractivity contribution in [3.8, 4) is 0 Å². The van der Waals surface area contributed by atoms with Crippen LogP contribution in [0.1, 0.15) is 24.5 Å². The molecule has 1 fully saturated rings. The van der Waals surface area contributed by atoms with Gasteiger partial charge in [-0.25, -0.2) is 0 Å². The summed E-state index contributed by atoms with van der Waals surface area (Å²) in [6.45, 7) is 2.54. The number of likely N-dealkylation sites (tertiary alicyclic amines) is 1. The van der Waals surface area contributed by atoms with Crippen LogP contribution in [0.25, 0.3) is 0 Å². The van der Waals surface area contributed by atoms with Gasteiger partial charge in [-0.1, -0.05) is 30.3 Å². The summed E-state index contributed by atoms with van der Waals surface area (Å²) < 4.78 is 0. The molecule has 0 radical (unpaired) electrons. The SMILES string of the molecule is CC(=O)N1CCc2cc(NC3CC(=O)N(Cc4ccccc4)C3=O)ccc21. The second kappa shape index (κ2) is 6.87. The summed E-state index contributed by atoms with van der Waals surface area (Å²) in [5.74, 6) is -0.331. The topological polar surface area (TPSA) is 69.7 Å².